The zero-order valence-corrected chi connectivity index (χ0v) is 14.7. The van der Waals surface area contributed by atoms with Crippen molar-refractivity contribution in [1.82, 2.24) is 5.32 Å². The summed E-state index contributed by atoms with van der Waals surface area (Å²) in [6.07, 6.45) is -0.913. The number of hydrogen-bond acceptors (Lipinski definition) is 5. The van der Waals surface area contributed by atoms with E-state index in [4.69, 9.17) is 16.3 Å². The standard InChI is InChI=1S/C17H16ClNO4S/c1-10(23-17(22)12-4-3-5-13(18)8-12)16(21)15-7-6-14(24-15)9-19-11(2)20/h3-8,10H,9H2,1-2H3,(H,19,20). The van der Waals surface area contributed by atoms with E-state index in [1.54, 1.807) is 30.3 Å². The number of rotatable bonds is 6. The summed E-state index contributed by atoms with van der Waals surface area (Å²) in [4.78, 5) is 36.6. The summed E-state index contributed by atoms with van der Waals surface area (Å²) in [5, 5.41) is 3.09. The summed E-state index contributed by atoms with van der Waals surface area (Å²) in [5.74, 6) is -1.03. The third-order valence-corrected chi connectivity index (χ3v) is 4.46. The molecule has 0 aliphatic rings. The van der Waals surface area contributed by atoms with Gasteiger partial charge in [-0.1, -0.05) is 17.7 Å². The summed E-state index contributed by atoms with van der Waals surface area (Å²) in [6.45, 7) is 3.32. The summed E-state index contributed by atoms with van der Waals surface area (Å²) in [5.41, 5.74) is 0.291. The number of ketones is 1. The fourth-order valence-electron chi connectivity index (χ4n) is 1.91. The van der Waals surface area contributed by atoms with Gasteiger partial charge in [-0.3, -0.25) is 9.59 Å². The highest BCUT2D eigenvalue weighted by atomic mass is 35.5. The van der Waals surface area contributed by atoms with Crippen LogP contribution < -0.4 is 5.32 Å². The number of esters is 1. The van der Waals surface area contributed by atoms with E-state index in [0.29, 0.717) is 22.0 Å². The lowest BCUT2D eigenvalue weighted by atomic mass is 10.2. The van der Waals surface area contributed by atoms with Crippen molar-refractivity contribution in [3.63, 3.8) is 0 Å². The Kier molecular flexibility index (Phi) is 6.11. The Morgan fingerprint density at radius 3 is 2.67 bits per heavy atom. The number of carbonyl (C=O) groups is 3. The van der Waals surface area contributed by atoms with Gasteiger partial charge < -0.3 is 10.1 Å². The molecular weight excluding hydrogens is 350 g/mol. The molecule has 0 aliphatic carbocycles. The first kappa shape index (κ1) is 18.2. The first-order chi connectivity index (χ1) is 11.4. The van der Waals surface area contributed by atoms with Crippen molar-refractivity contribution in [2.24, 2.45) is 0 Å². The number of halogens is 1. The quantitative estimate of drug-likeness (QED) is 0.628. The van der Waals surface area contributed by atoms with Crippen LogP contribution in [-0.2, 0) is 16.1 Å². The number of carbonyl (C=O) groups excluding carboxylic acids is 3. The number of nitrogens with one attached hydrogen (secondary N) is 1. The molecule has 1 aromatic carbocycles. The van der Waals surface area contributed by atoms with Crippen LogP contribution in [0.1, 0.15) is 38.8 Å². The van der Waals surface area contributed by atoms with E-state index in [9.17, 15) is 14.4 Å². The number of hydrogen-bond donors (Lipinski definition) is 1. The Morgan fingerprint density at radius 1 is 1.25 bits per heavy atom. The monoisotopic (exact) mass is 365 g/mol. The van der Waals surface area contributed by atoms with Gasteiger partial charge in [0.1, 0.15) is 0 Å². The molecule has 1 unspecified atom stereocenters. The smallest absolute Gasteiger partial charge is 0.338 e. The number of thiophene rings is 1. The lowest BCUT2D eigenvalue weighted by molar-refractivity contribution is -0.119. The van der Waals surface area contributed by atoms with E-state index in [2.05, 4.69) is 5.32 Å². The fourth-order valence-corrected chi connectivity index (χ4v) is 3.07. The molecule has 0 spiro atoms. The summed E-state index contributed by atoms with van der Waals surface area (Å²) >= 11 is 7.10. The minimum absolute atomic E-state index is 0.139. The minimum Gasteiger partial charge on any atom is -0.451 e. The van der Waals surface area contributed by atoms with Crippen LogP contribution in [0.2, 0.25) is 5.02 Å². The van der Waals surface area contributed by atoms with E-state index >= 15 is 0 Å². The normalized spacial score (nSPS) is 11.6. The number of Topliss-reactive ketones (excluding diaryl/α,β-unsaturated/α-hetero) is 1. The zero-order valence-electron chi connectivity index (χ0n) is 13.2. The second-order valence-electron chi connectivity index (χ2n) is 5.10. The molecular formula is C17H16ClNO4S. The van der Waals surface area contributed by atoms with Gasteiger partial charge in [-0.2, -0.15) is 0 Å². The molecule has 0 radical (unpaired) electrons. The van der Waals surface area contributed by atoms with E-state index in [0.717, 1.165) is 4.88 Å². The summed E-state index contributed by atoms with van der Waals surface area (Å²) < 4.78 is 5.20. The molecule has 1 amide bonds. The fraction of sp³-hybridized carbons (Fsp3) is 0.235. The summed E-state index contributed by atoms with van der Waals surface area (Å²) in [6, 6.07) is 9.77. The second-order valence-corrected chi connectivity index (χ2v) is 6.70. The highest BCUT2D eigenvalue weighted by Crippen LogP contribution is 2.20. The maximum Gasteiger partial charge on any atom is 0.338 e. The molecule has 5 nitrogen and oxygen atoms in total. The van der Waals surface area contributed by atoms with E-state index < -0.39 is 12.1 Å². The highest BCUT2D eigenvalue weighted by molar-refractivity contribution is 7.14. The molecule has 1 N–H and O–H groups in total. The van der Waals surface area contributed by atoms with Crippen molar-refractivity contribution >= 4 is 40.6 Å². The van der Waals surface area contributed by atoms with Crippen LogP contribution in [-0.4, -0.2) is 23.8 Å². The van der Waals surface area contributed by atoms with Crippen LogP contribution in [0, 0.1) is 0 Å². The van der Waals surface area contributed by atoms with Gasteiger partial charge in [0.05, 0.1) is 17.0 Å². The lowest BCUT2D eigenvalue weighted by Crippen LogP contribution is -2.23. The van der Waals surface area contributed by atoms with Crippen molar-refractivity contribution in [3.8, 4) is 0 Å². The zero-order chi connectivity index (χ0) is 17.7. The number of amides is 1. The topological polar surface area (TPSA) is 72.5 Å². The average Bonchev–Trinajstić information content (AvgIpc) is 3.01. The molecule has 24 heavy (non-hydrogen) atoms. The third kappa shape index (κ3) is 4.91. The molecule has 126 valence electrons. The van der Waals surface area contributed by atoms with Crippen LogP contribution in [0.25, 0.3) is 0 Å². The van der Waals surface area contributed by atoms with Crippen LogP contribution in [0.5, 0.6) is 0 Å². The molecule has 0 fully saturated rings. The molecule has 2 rings (SSSR count). The largest absolute Gasteiger partial charge is 0.451 e. The van der Waals surface area contributed by atoms with Gasteiger partial charge >= 0.3 is 5.97 Å². The van der Waals surface area contributed by atoms with Gasteiger partial charge in [-0.15, -0.1) is 11.3 Å². The Bertz CT molecular complexity index is 771. The van der Waals surface area contributed by atoms with Gasteiger partial charge in [-0.25, -0.2) is 4.79 Å². The molecule has 0 bridgehead atoms. The molecule has 0 saturated carbocycles. The van der Waals surface area contributed by atoms with E-state index in [1.165, 1.54) is 31.3 Å². The predicted octanol–water partition coefficient (Wildman–Crippen LogP) is 3.47. The van der Waals surface area contributed by atoms with Crippen molar-refractivity contribution < 1.29 is 19.1 Å². The van der Waals surface area contributed by atoms with Crippen molar-refractivity contribution in [2.45, 2.75) is 26.5 Å². The van der Waals surface area contributed by atoms with Crippen molar-refractivity contribution in [1.29, 1.82) is 0 Å². The maximum atomic E-state index is 12.3. The molecule has 2 aromatic rings. The number of ether oxygens (including phenoxy) is 1. The predicted molar refractivity (Wildman–Crippen MR) is 92.5 cm³/mol. The lowest BCUT2D eigenvalue weighted by Gasteiger charge is -2.11. The SMILES string of the molecule is CC(=O)NCc1ccc(C(=O)C(C)OC(=O)c2cccc(Cl)c2)s1. The third-order valence-electron chi connectivity index (χ3n) is 3.13. The van der Waals surface area contributed by atoms with Crippen LogP contribution in [0.15, 0.2) is 36.4 Å². The molecule has 1 aromatic heterocycles. The Hall–Kier alpha value is -2.18. The number of benzene rings is 1. The molecule has 7 heteroatoms. The maximum absolute atomic E-state index is 12.3. The van der Waals surface area contributed by atoms with Crippen LogP contribution in [0.3, 0.4) is 0 Å². The molecule has 0 saturated heterocycles. The molecule has 0 aliphatic heterocycles. The Balaban J connectivity index is 1.99. The van der Waals surface area contributed by atoms with E-state index in [-0.39, 0.29) is 11.7 Å². The van der Waals surface area contributed by atoms with Gasteiger partial charge in [-0.05, 0) is 37.3 Å². The highest BCUT2D eigenvalue weighted by Gasteiger charge is 2.22. The molecule has 1 atom stereocenters. The summed E-state index contributed by atoms with van der Waals surface area (Å²) in [7, 11) is 0. The van der Waals surface area contributed by atoms with E-state index in [1.807, 2.05) is 0 Å². The first-order valence-corrected chi connectivity index (χ1v) is 8.40. The van der Waals surface area contributed by atoms with Crippen LogP contribution >= 0.6 is 22.9 Å². The minimum atomic E-state index is -0.913. The van der Waals surface area contributed by atoms with Gasteiger partial charge in [0.15, 0.2) is 6.10 Å². The van der Waals surface area contributed by atoms with Crippen molar-refractivity contribution in [2.75, 3.05) is 0 Å². The van der Waals surface area contributed by atoms with Crippen LogP contribution in [0.4, 0.5) is 0 Å². The Morgan fingerprint density at radius 2 is 2.00 bits per heavy atom. The van der Waals surface area contributed by atoms with Gasteiger partial charge in [0, 0.05) is 16.8 Å². The first-order valence-electron chi connectivity index (χ1n) is 7.20. The Labute approximate surface area is 148 Å². The van der Waals surface area contributed by atoms with Gasteiger partial charge in [0.2, 0.25) is 11.7 Å². The second kappa shape index (κ2) is 8.08. The van der Waals surface area contributed by atoms with Gasteiger partial charge in [0.25, 0.3) is 0 Å². The van der Waals surface area contributed by atoms with Crippen molar-refractivity contribution in [3.05, 3.63) is 56.7 Å². The molecule has 1 heterocycles. The average molecular weight is 366 g/mol.